The van der Waals surface area contributed by atoms with Gasteiger partial charge in [0.25, 0.3) is 0 Å². The van der Waals surface area contributed by atoms with Gasteiger partial charge >= 0.3 is 0 Å². The highest BCUT2D eigenvalue weighted by atomic mass is 16.3. The maximum atomic E-state index is 10.3. The van der Waals surface area contributed by atoms with E-state index in [-0.39, 0.29) is 6.10 Å². The lowest BCUT2D eigenvalue weighted by molar-refractivity contribution is 0.0596. The summed E-state index contributed by atoms with van der Waals surface area (Å²) in [5, 5.41) is 10.3. The summed E-state index contributed by atoms with van der Waals surface area (Å²) < 4.78 is 0. The third-order valence-electron chi connectivity index (χ3n) is 5.20. The Morgan fingerprint density at radius 2 is 1.63 bits per heavy atom. The smallest absolute Gasteiger partial charge is 0.0916 e. The lowest BCUT2D eigenvalue weighted by Crippen LogP contribution is -2.40. The Bertz CT molecular complexity index is 387. The van der Waals surface area contributed by atoms with Crippen molar-refractivity contribution in [2.24, 2.45) is 5.41 Å². The summed E-state index contributed by atoms with van der Waals surface area (Å²) in [7, 11) is 0. The van der Waals surface area contributed by atoms with Gasteiger partial charge in [-0.25, -0.2) is 0 Å². The standard InChI is InChI=1S/C17H25NO/c19-16(15-6-2-1-3-7-15)14-18-12-10-17(11-13-18)8-4-5-9-17/h1-3,6-7,16,19H,4-5,8-14H2. The normalized spacial score (nSPS) is 24.7. The highest BCUT2D eigenvalue weighted by Crippen LogP contribution is 2.46. The number of hydrogen-bond donors (Lipinski definition) is 1. The van der Waals surface area contributed by atoms with Gasteiger partial charge in [-0.3, -0.25) is 0 Å². The zero-order valence-corrected chi connectivity index (χ0v) is 11.7. The Morgan fingerprint density at radius 1 is 1.00 bits per heavy atom. The molecular weight excluding hydrogens is 234 g/mol. The second-order valence-electron chi connectivity index (χ2n) is 6.43. The molecule has 2 aliphatic rings. The van der Waals surface area contributed by atoms with Crippen LogP contribution in [0.3, 0.4) is 0 Å². The predicted octanol–water partition coefficient (Wildman–Crippen LogP) is 3.38. The highest BCUT2D eigenvalue weighted by molar-refractivity contribution is 5.17. The summed E-state index contributed by atoms with van der Waals surface area (Å²) >= 11 is 0. The zero-order valence-electron chi connectivity index (χ0n) is 11.7. The fourth-order valence-corrected chi connectivity index (χ4v) is 3.86. The number of β-amino-alcohol motifs (C(OH)–C–C–N with tert-alkyl or cyclic N) is 1. The molecular formula is C17H25NO. The number of nitrogens with zero attached hydrogens (tertiary/aromatic N) is 1. The van der Waals surface area contributed by atoms with Crippen molar-refractivity contribution in [3.05, 3.63) is 35.9 Å². The first-order chi connectivity index (χ1) is 9.27. The molecule has 1 atom stereocenters. The maximum absolute atomic E-state index is 10.3. The van der Waals surface area contributed by atoms with E-state index in [4.69, 9.17) is 0 Å². The summed E-state index contributed by atoms with van der Waals surface area (Å²) in [6.45, 7) is 3.13. The van der Waals surface area contributed by atoms with Gasteiger partial charge in [0.2, 0.25) is 0 Å². The molecule has 1 saturated carbocycles. The number of aliphatic hydroxyl groups is 1. The van der Waals surface area contributed by atoms with E-state index in [0.717, 1.165) is 12.1 Å². The van der Waals surface area contributed by atoms with Crippen molar-refractivity contribution in [2.45, 2.75) is 44.6 Å². The molecule has 1 heterocycles. The third-order valence-corrected chi connectivity index (χ3v) is 5.20. The number of likely N-dealkylation sites (tertiary alicyclic amines) is 1. The molecule has 1 aliphatic carbocycles. The van der Waals surface area contributed by atoms with Crippen LogP contribution in [0.2, 0.25) is 0 Å². The van der Waals surface area contributed by atoms with E-state index >= 15 is 0 Å². The molecule has 0 aromatic heterocycles. The van der Waals surface area contributed by atoms with Crippen LogP contribution in [0.15, 0.2) is 30.3 Å². The minimum atomic E-state index is -0.334. The molecule has 1 saturated heterocycles. The van der Waals surface area contributed by atoms with Gasteiger partial charge in [0, 0.05) is 6.54 Å². The van der Waals surface area contributed by atoms with Crippen molar-refractivity contribution in [1.29, 1.82) is 0 Å². The minimum Gasteiger partial charge on any atom is -0.387 e. The van der Waals surface area contributed by atoms with Gasteiger partial charge in [-0.05, 0) is 49.8 Å². The van der Waals surface area contributed by atoms with Crippen molar-refractivity contribution in [3.63, 3.8) is 0 Å². The fourth-order valence-electron chi connectivity index (χ4n) is 3.86. The molecule has 0 amide bonds. The summed E-state index contributed by atoms with van der Waals surface area (Å²) in [5.74, 6) is 0. The number of piperidine rings is 1. The van der Waals surface area contributed by atoms with Crippen LogP contribution in [0.4, 0.5) is 0 Å². The Balaban J connectivity index is 1.52. The van der Waals surface area contributed by atoms with E-state index in [0.29, 0.717) is 5.41 Å². The number of benzene rings is 1. The van der Waals surface area contributed by atoms with Gasteiger partial charge in [-0.1, -0.05) is 43.2 Å². The summed E-state index contributed by atoms with van der Waals surface area (Å²) in [5.41, 5.74) is 1.72. The summed E-state index contributed by atoms with van der Waals surface area (Å²) in [4.78, 5) is 2.45. The van der Waals surface area contributed by atoms with E-state index in [1.54, 1.807) is 0 Å². The van der Waals surface area contributed by atoms with Crippen molar-refractivity contribution >= 4 is 0 Å². The van der Waals surface area contributed by atoms with Crippen molar-refractivity contribution in [1.82, 2.24) is 4.90 Å². The van der Waals surface area contributed by atoms with Gasteiger partial charge in [-0.15, -0.1) is 0 Å². The molecule has 1 unspecified atom stereocenters. The van der Waals surface area contributed by atoms with E-state index in [1.165, 1.54) is 51.6 Å². The van der Waals surface area contributed by atoms with E-state index in [1.807, 2.05) is 30.3 Å². The van der Waals surface area contributed by atoms with Gasteiger partial charge in [0.1, 0.15) is 0 Å². The van der Waals surface area contributed by atoms with Crippen LogP contribution in [0.25, 0.3) is 0 Å². The predicted molar refractivity (Wildman–Crippen MR) is 78.0 cm³/mol. The molecule has 1 aliphatic heterocycles. The Kier molecular flexibility index (Phi) is 3.90. The Morgan fingerprint density at radius 3 is 2.26 bits per heavy atom. The lowest BCUT2D eigenvalue weighted by atomic mass is 9.77. The molecule has 0 bridgehead atoms. The monoisotopic (exact) mass is 259 g/mol. The molecule has 1 aromatic carbocycles. The molecule has 2 fully saturated rings. The average Bonchev–Trinajstić information content (AvgIpc) is 2.91. The van der Waals surface area contributed by atoms with Crippen LogP contribution < -0.4 is 0 Å². The molecule has 104 valence electrons. The van der Waals surface area contributed by atoms with Gasteiger partial charge < -0.3 is 10.0 Å². The Hall–Kier alpha value is -0.860. The molecule has 0 radical (unpaired) electrons. The summed E-state index contributed by atoms with van der Waals surface area (Å²) in [6.07, 6.45) is 8.12. The molecule has 1 aromatic rings. The zero-order chi connectivity index (χ0) is 13.1. The van der Waals surface area contributed by atoms with Crippen LogP contribution in [-0.2, 0) is 0 Å². The molecule has 1 N–H and O–H groups in total. The maximum Gasteiger partial charge on any atom is 0.0916 e. The van der Waals surface area contributed by atoms with Crippen molar-refractivity contribution < 1.29 is 5.11 Å². The first kappa shape index (κ1) is 13.1. The second kappa shape index (κ2) is 5.64. The Labute approximate surface area is 116 Å². The van der Waals surface area contributed by atoms with Gasteiger partial charge in [0.05, 0.1) is 6.10 Å². The highest BCUT2D eigenvalue weighted by Gasteiger charge is 2.37. The molecule has 19 heavy (non-hydrogen) atoms. The third kappa shape index (κ3) is 3.01. The molecule has 1 spiro atoms. The number of rotatable bonds is 3. The number of aliphatic hydroxyl groups excluding tert-OH is 1. The summed E-state index contributed by atoms with van der Waals surface area (Å²) in [6, 6.07) is 10.0. The van der Waals surface area contributed by atoms with Crippen LogP contribution in [-0.4, -0.2) is 29.6 Å². The quantitative estimate of drug-likeness (QED) is 0.899. The van der Waals surface area contributed by atoms with Gasteiger partial charge in [-0.2, -0.15) is 0 Å². The van der Waals surface area contributed by atoms with Crippen molar-refractivity contribution in [2.75, 3.05) is 19.6 Å². The fraction of sp³-hybridized carbons (Fsp3) is 0.647. The first-order valence-corrected chi connectivity index (χ1v) is 7.73. The van der Waals surface area contributed by atoms with E-state index in [2.05, 4.69) is 4.90 Å². The molecule has 2 nitrogen and oxygen atoms in total. The first-order valence-electron chi connectivity index (χ1n) is 7.73. The van der Waals surface area contributed by atoms with E-state index in [9.17, 15) is 5.11 Å². The average molecular weight is 259 g/mol. The largest absolute Gasteiger partial charge is 0.387 e. The van der Waals surface area contributed by atoms with Gasteiger partial charge in [0.15, 0.2) is 0 Å². The minimum absolute atomic E-state index is 0.334. The second-order valence-corrected chi connectivity index (χ2v) is 6.43. The molecule has 2 heteroatoms. The van der Waals surface area contributed by atoms with Crippen LogP contribution >= 0.6 is 0 Å². The number of hydrogen-bond acceptors (Lipinski definition) is 2. The SMILES string of the molecule is OC(CN1CCC2(CCCC2)CC1)c1ccccc1. The van der Waals surface area contributed by atoms with Crippen LogP contribution in [0.1, 0.15) is 50.2 Å². The molecule has 3 rings (SSSR count). The topological polar surface area (TPSA) is 23.5 Å². The van der Waals surface area contributed by atoms with E-state index < -0.39 is 0 Å². The van der Waals surface area contributed by atoms with Crippen LogP contribution in [0, 0.1) is 5.41 Å². The van der Waals surface area contributed by atoms with Crippen LogP contribution in [0.5, 0.6) is 0 Å². The van der Waals surface area contributed by atoms with Crippen molar-refractivity contribution in [3.8, 4) is 0 Å². The lowest BCUT2D eigenvalue weighted by Gasteiger charge is -2.40.